The van der Waals surface area contributed by atoms with Crippen LogP contribution in [0.2, 0.25) is 0 Å². The fraction of sp³-hybridized carbons (Fsp3) is 0.389. The standard InChI is InChI=1S/C18H25N5O2/c1-13-6-7-16(25-4)15(12-13)21-17(24)14-8-10-20-18(22-14)19-9-5-11-23(2)3/h6-8,10,12H,5,9,11H2,1-4H3,(H,21,24)(H,19,20,22). The number of hydrogen-bond acceptors (Lipinski definition) is 6. The summed E-state index contributed by atoms with van der Waals surface area (Å²) in [7, 11) is 5.63. The second-order valence-corrected chi connectivity index (χ2v) is 6.01. The first-order valence-electron chi connectivity index (χ1n) is 8.17. The summed E-state index contributed by atoms with van der Waals surface area (Å²) in [5.74, 6) is 0.750. The molecule has 0 atom stereocenters. The smallest absolute Gasteiger partial charge is 0.274 e. The number of nitrogens with one attached hydrogen (secondary N) is 2. The van der Waals surface area contributed by atoms with Crippen LogP contribution in [0.1, 0.15) is 22.5 Å². The average molecular weight is 343 g/mol. The van der Waals surface area contributed by atoms with Crippen molar-refractivity contribution < 1.29 is 9.53 Å². The Morgan fingerprint density at radius 3 is 2.80 bits per heavy atom. The molecule has 2 N–H and O–H groups in total. The summed E-state index contributed by atoms with van der Waals surface area (Å²) in [6.45, 7) is 3.67. The molecule has 0 aliphatic carbocycles. The highest BCUT2D eigenvalue weighted by Gasteiger charge is 2.12. The Morgan fingerprint density at radius 1 is 1.28 bits per heavy atom. The van der Waals surface area contributed by atoms with E-state index in [0.717, 1.165) is 25.1 Å². The summed E-state index contributed by atoms with van der Waals surface area (Å²) in [5, 5.41) is 5.98. The zero-order chi connectivity index (χ0) is 18.2. The first-order chi connectivity index (χ1) is 12.0. The van der Waals surface area contributed by atoms with Crippen molar-refractivity contribution in [1.29, 1.82) is 0 Å². The Balaban J connectivity index is 2.02. The number of ether oxygens (including phenoxy) is 1. The van der Waals surface area contributed by atoms with Gasteiger partial charge in [-0.05, 0) is 57.7 Å². The molecule has 1 heterocycles. The van der Waals surface area contributed by atoms with Crippen molar-refractivity contribution in [1.82, 2.24) is 14.9 Å². The van der Waals surface area contributed by atoms with Gasteiger partial charge in [-0.25, -0.2) is 9.97 Å². The minimum atomic E-state index is -0.303. The molecule has 2 rings (SSSR count). The molecule has 0 saturated carbocycles. The Hall–Kier alpha value is -2.67. The van der Waals surface area contributed by atoms with Crippen LogP contribution in [0.15, 0.2) is 30.5 Å². The fourth-order valence-electron chi connectivity index (χ4n) is 2.27. The number of benzene rings is 1. The number of methoxy groups -OCH3 is 1. The van der Waals surface area contributed by atoms with Gasteiger partial charge in [0.05, 0.1) is 12.8 Å². The van der Waals surface area contributed by atoms with E-state index in [4.69, 9.17) is 4.74 Å². The van der Waals surface area contributed by atoms with Gasteiger partial charge < -0.3 is 20.3 Å². The first-order valence-corrected chi connectivity index (χ1v) is 8.17. The molecule has 7 nitrogen and oxygen atoms in total. The zero-order valence-corrected chi connectivity index (χ0v) is 15.2. The second-order valence-electron chi connectivity index (χ2n) is 6.01. The van der Waals surface area contributed by atoms with Crippen LogP contribution in [-0.4, -0.2) is 55.1 Å². The maximum Gasteiger partial charge on any atom is 0.274 e. The van der Waals surface area contributed by atoms with Gasteiger partial charge in [-0.2, -0.15) is 0 Å². The molecule has 25 heavy (non-hydrogen) atoms. The van der Waals surface area contributed by atoms with E-state index < -0.39 is 0 Å². The predicted octanol–water partition coefficient (Wildman–Crippen LogP) is 2.41. The van der Waals surface area contributed by atoms with Gasteiger partial charge in [0.25, 0.3) is 5.91 Å². The summed E-state index contributed by atoms with van der Waals surface area (Å²) in [4.78, 5) is 23.0. The van der Waals surface area contributed by atoms with E-state index in [2.05, 4.69) is 25.5 Å². The monoisotopic (exact) mass is 343 g/mol. The van der Waals surface area contributed by atoms with Gasteiger partial charge in [0.2, 0.25) is 5.95 Å². The van der Waals surface area contributed by atoms with Gasteiger partial charge in [0.15, 0.2) is 0 Å². The molecule has 1 aromatic heterocycles. The topological polar surface area (TPSA) is 79.4 Å². The fourth-order valence-corrected chi connectivity index (χ4v) is 2.27. The lowest BCUT2D eigenvalue weighted by Gasteiger charge is -2.12. The van der Waals surface area contributed by atoms with Crippen molar-refractivity contribution in [3.05, 3.63) is 41.7 Å². The maximum absolute atomic E-state index is 12.5. The molecule has 0 spiro atoms. The number of aromatic nitrogens is 2. The molecule has 2 aromatic rings. The third-order valence-corrected chi connectivity index (χ3v) is 3.56. The lowest BCUT2D eigenvalue weighted by Crippen LogP contribution is -2.18. The summed E-state index contributed by atoms with van der Waals surface area (Å²) in [5.41, 5.74) is 1.95. The van der Waals surface area contributed by atoms with Gasteiger partial charge in [-0.3, -0.25) is 4.79 Å². The van der Waals surface area contributed by atoms with Crippen molar-refractivity contribution in [2.24, 2.45) is 0 Å². The summed E-state index contributed by atoms with van der Waals surface area (Å²) in [6.07, 6.45) is 2.54. The normalized spacial score (nSPS) is 10.6. The number of anilines is 2. The van der Waals surface area contributed by atoms with Crippen molar-refractivity contribution >= 4 is 17.5 Å². The maximum atomic E-state index is 12.5. The molecule has 0 bridgehead atoms. The highest BCUT2D eigenvalue weighted by atomic mass is 16.5. The number of nitrogens with zero attached hydrogens (tertiary/aromatic N) is 3. The quantitative estimate of drug-likeness (QED) is 0.717. The van der Waals surface area contributed by atoms with E-state index >= 15 is 0 Å². The minimum Gasteiger partial charge on any atom is -0.495 e. The number of carbonyl (C=O) groups is 1. The van der Waals surface area contributed by atoms with E-state index in [1.54, 1.807) is 19.4 Å². The molecule has 0 saturated heterocycles. The van der Waals surface area contributed by atoms with Crippen molar-refractivity contribution in [3.63, 3.8) is 0 Å². The van der Waals surface area contributed by atoms with Crippen LogP contribution >= 0.6 is 0 Å². The minimum absolute atomic E-state index is 0.300. The van der Waals surface area contributed by atoms with Crippen LogP contribution in [0, 0.1) is 6.92 Å². The number of hydrogen-bond donors (Lipinski definition) is 2. The Labute approximate surface area is 148 Å². The second kappa shape index (κ2) is 8.98. The SMILES string of the molecule is COc1ccc(C)cc1NC(=O)c1ccnc(NCCCN(C)C)n1. The van der Waals surface area contributed by atoms with Gasteiger partial charge in [0.1, 0.15) is 11.4 Å². The van der Waals surface area contributed by atoms with Crippen molar-refractivity contribution in [2.45, 2.75) is 13.3 Å². The lowest BCUT2D eigenvalue weighted by atomic mass is 10.2. The average Bonchev–Trinajstić information content (AvgIpc) is 2.59. The van der Waals surface area contributed by atoms with Crippen LogP contribution in [-0.2, 0) is 0 Å². The van der Waals surface area contributed by atoms with E-state index in [1.165, 1.54) is 0 Å². The first kappa shape index (κ1) is 18.7. The van der Waals surface area contributed by atoms with Gasteiger partial charge in [-0.1, -0.05) is 6.07 Å². The Kier molecular flexibility index (Phi) is 6.71. The zero-order valence-electron chi connectivity index (χ0n) is 15.2. The van der Waals surface area contributed by atoms with Crippen LogP contribution in [0.3, 0.4) is 0 Å². The van der Waals surface area contributed by atoms with Crippen LogP contribution in [0.25, 0.3) is 0 Å². The largest absolute Gasteiger partial charge is 0.495 e. The predicted molar refractivity (Wildman–Crippen MR) is 99.4 cm³/mol. The molecule has 134 valence electrons. The highest BCUT2D eigenvalue weighted by molar-refractivity contribution is 6.03. The van der Waals surface area contributed by atoms with Gasteiger partial charge in [-0.15, -0.1) is 0 Å². The molecule has 0 radical (unpaired) electrons. The van der Waals surface area contributed by atoms with Gasteiger partial charge >= 0.3 is 0 Å². The van der Waals surface area contributed by atoms with Crippen molar-refractivity contribution in [2.75, 3.05) is 44.9 Å². The van der Waals surface area contributed by atoms with Crippen LogP contribution < -0.4 is 15.4 Å². The Bertz CT molecular complexity index is 718. The lowest BCUT2D eigenvalue weighted by molar-refractivity contribution is 0.102. The summed E-state index contributed by atoms with van der Waals surface area (Å²) in [6, 6.07) is 7.19. The molecule has 7 heteroatoms. The van der Waals surface area contributed by atoms with Crippen molar-refractivity contribution in [3.8, 4) is 5.75 Å². The van der Waals surface area contributed by atoms with Crippen LogP contribution in [0.5, 0.6) is 5.75 Å². The van der Waals surface area contributed by atoms with E-state index in [-0.39, 0.29) is 5.91 Å². The van der Waals surface area contributed by atoms with E-state index in [1.807, 2.05) is 39.2 Å². The Morgan fingerprint density at radius 2 is 2.08 bits per heavy atom. The molecule has 0 aliphatic rings. The molecular formula is C18H25N5O2. The number of rotatable bonds is 8. The molecule has 0 aliphatic heterocycles. The number of amides is 1. The molecule has 0 fully saturated rings. The third-order valence-electron chi connectivity index (χ3n) is 3.56. The number of aryl methyl sites for hydroxylation is 1. The molecule has 0 unspecified atom stereocenters. The van der Waals surface area contributed by atoms with E-state index in [0.29, 0.717) is 23.1 Å². The number of carbonyl (C=O) groups excluding carboxylic acids is 1. The van der Waals surface area contributed by atoms with Gasteiger partial charge in [0, 0.05) is 12.7 Å². The van der Waals surface area contributed by atoms with E-state index in [9.17, 15) is 4.79 Å². The summed E-state index contributed by atoms with van der Waals surface area (Å²) < 4.78 is 5.28. The van der Waals surface area contributed by atoms with Crippen LogP contribution in [0.4, 0.5) is 11.6 Å². The molecular weight excluding hydrogens is 318 g/mol. The molecule has 1 aromatic carbocycles. The molecule has 1 amide bonds. The highest BCUT2D eigenvalue weighted by Crippen LogP contribution is 2.25. The third kappa shape index (κ3) is 5.72. The summed E-state index contributed by atoms with van der Waals surface area (Å²) >= 11 is 0.